The maximum absolute atomic E-state index is 12.5. The summed E-state index contributed by atoms with van der Waals surface area (Å²) in [5, 5.41) is 35.4. The Morgan fingerprint density at radius 3 is 1.21 bits per heavy atom. The standard InChI is InChI=1S/C13H22N4O2.C12H20N4O2.C11H20N4O.C11H18N4O.C10H15N3O2/c1-10(18)16(3)8-6-13-9-15(2)7-5-11(13)14-17(4)12(13)19;1-9(17)15(2)7-5-12-8-13-6-4-10(12)14-16(3)11(12)18;2*1-12-6-5-11-8-14(2)7-4-9(11)13-15(3)10(11)16;1-12-5-3-8-10(7-12,4-6-14)9(15)13(2)11-8/h5-9H2,1-4H3;13H,4-8H2,1-3H3;12H,4-8H2,1-3H3;6H,4-5,7-8H2,1-3H3;6H,3-5,7H2,1-2H3. The third-order valence-electron chi connectivity index (χ3n) is 18.4. The number of aldehydes is 1. The van der Waals surface area contributed by atoms with Crippen molar-refractivity contribution in [1.82, 2.24) is 65.1 Å². The molecular weight excluding hydrogens is 1080 g/mol. The molecule has 0 spiro atoms. The number of hydrazone groups is 5. The fourth-order valence-corrected chi connectivity index (χ4v) is 13.2. The Balaban J connectivity index is 0.000000169. The number of hydrogen-bond acceptors (Lipinski definition) is 20. The summed E-state index contributed by atoms with van der Waals surface area (Å²) in [7, 11) is 23.9. The Kier molecular flexibility index (Phi) is 22.2. The topological polar surface area (TPSA) is 270 Å². The summed E-state index contributed by atoms with van der Waals surface area (Å²) in [5.41, 5.74) is 2.41. The third kappa shape index (κ3) is 13.7. The van der Waals surface area contributed by atoms with E-state index in [2.05, 4.69) is 67.8 Å². The number of nitrogens with zero attached hydrogens (tertiary/aromatic N) is 17. The van der Waals surface area contributed by atoms with E-state index in [0.717, 1.165) is 126 Å². The largest absolute Gasteiger partial charge is 0.346 e. The van der Waals surface area contributed by atoms with Gasteiger partial charge < -0.3 is 49.8 Å². The highest BCUT2D eigenvalue weighted by molar-refractivity contribution is 6.16. The van der Waals surface area contributed by atoms with Gasteiger partial charge in [-0.2, -0.15) is 25.5 Å². The molecule has 27 nitrogen and oxygen atoms in total. The lowest BCUT2D eigenvalue weighted by Crippen LogP contribution is -2.52. The first-order valence-electron chi connectivity index (χ1n) is 29.3. The van der Waals surface area contributed by atoms with Crippen molar-refractivity contribution >= 4 is 82.4 Å². The molecule has 27 heteroatoms. The summed E-state index contributed by atoms with van der Waals surface area (Å²) in [6, 6.07) is 0. The minimum atomic E-state index is -0.663. The summed E-state index contributed by atoms with van der Waals surface area (Å²) < 4.78 is 0. The molecule has 0 aromatic rings. The van der Waals surface area contributed by atoms with Crippen molar-refractivity contribution in [1.29, 1.82) is 0 Å². The first-order valence-corrected chi connectivity index (χ1v) is 29.3. The Morgan fingerprint density at radius 2 is 0.845 bits per heavy atom. The molecule has 2 N–H and O–H groups in total. The number of aliphatic imine (C=N–C) groups is 1. The molecule has 10 rings (SSSR count). The number of amides is 7. The molecule has 0 bridgehead atoms. The van der Waals surface area contributed by atoms with Crippen LogP contribution in [0.3, 0.4) is 0 Å². The molecule has 0 saturated carbocycles. The molecule has 466 valence electrons. The van der Waals surface area contributed by atoms with Crippen LogP contribution in [0.25, 0.3) is 0 Å². The van der Waals surface area contributed by atoms with Crippen LogP contribution in [-0.4, -0.2) is 314 Å². The van der Waals surface area contributed by atoms with E-state index in [1.54, 1.807) is 73.1 Å². The van der Waals surface area contributed by atoms with E-state index < -0.39 is 21.7 Å². The molecule has 5 saturated heterocycles. The zero-order valence-electron chi connectivity index (χ0n) is 52.8. The van der Waals surface area contributed by atoms with Crippen molar-refractivity contribution in [2.24, 2.45) is 57.6 Å². The number of nitrogens with one attached hydrogen (secondary N) is 2. The molecule has 5 unspecified atom stereocenters. The normalized spacial score (nSPS) is 29.3. The second kappa shape index (κ2) is 27.8. The average Bonchev–Trinajstić information content (AvgIpc) is 3.72. The maximum Gasteiger partial charge on any atom is 0.256 e. The number of likely N-dealkylation sites (tertiary alicyclic amines) is 4. The SMILES string of the molecule is CC(=O)N(C)CCC12CN(C)CCC1=NN(C)C2=O.CC(=O)N(C)CCC12CNCCC1=NN(C)C2=O.CN1CCC2=NN(C)C(=O)C2(CC=O)C1.CN=CCC12CN(C)CCC1=NN(C)C2=O.CNCCC12CN(C)CCC1=NN(C)C2=O. The van der Waals surface area contributed by atoms with Crippen molar-refractivity contribution in [2.45, 2.75) is 78.1 Å². The number of carbonyl (C=O) groups excluding carboxylic acids is 8. The summed E-state index contributed by atoms with van der Waals surface area (Å²) >= 11 is 0. The number of fused-ring (bicyclic) bond motifs is 5. The van der Waals surface area contributed by atoms with Crippen LogP contribution in [0.15, 0.2) is 30.5 Å². The van der Waals surface area contributed by atoms with E-state index in [9.17, 15) is 38.4 Å². The monoisotopic (exact) mass is 1170 g/mol. The average molecular weight is 1170 g/mol. The molecule has 84 heavy (non-hydrogen) atoms. The number of piperidine rings is 5. The smallest absolute Gasteiger partial charge is 0.256 e. The number of carbonyl (C=O) groups is 8. The van der Waals surface area contributed by atoms with Crippen molar-refractivity contribution in [2.75, 3.05) is 177 Å². The molecule has 5 fully saturated rings. The van der Waals surface area contributed by atoms with Gasteiger partial charge in [0.25, 0.3) is 29.5 Å². The molecule has 0 radical (unpaired) electrons. The number of hydrogen-bond donors (Lipinski definition) is 2. The van der Waals surface area contributed by atoms with Gasteiger partial charge in [-0.1, -0.05) is 0 Å². The van der Waals surface area contributed by atoms with E-state index in [1.807, 2.05) is 34.4 Å². The van der Waals surface area contributed by atoms with Crippen molar-refractivity contribution < 1.29 is 38.4 Å². The minimum Gasteiger partial charge on any atom is -0.346 e. The van der Waals surface area contributed by atoms with Crippen LogP contribution in [-0.2, 0) is 38.4 Å². The van der Waals surface area contributed by atoms with E-state index in [0.29, 0.717) is 52.0 Å². The van der Waals surface area contributed by atoms with Gasteiger partial charge in [0.05, 0.1) is 28.6 Å². The second-order valence-electron chi connectivity index (χ2n) is 24.4. The maximum atomic E-state index is 12.5. The van der Waals surface area contributed by atoms with Gasteiger partial charge in [0.1, 0.15) is 33.4 Å². The summed E-state index contributed by atoms with van der Waals surface area (Å²) in [4.78, 5) is 111. The Hall–Kier alpha value is -6.26. The van der Waals surface area contributed by atoms with Crippen LogP contribution < -0.4 is 10.6 Å². The third-order valence-corrected chi connectivity index (χ3v) is 18.4. The van der Waals surface area contributed by atoms with Gasteiger partial charge in [-0.25, -0.2) is 25.0 Å². The zero-order chi connectivity index (χ0) is 62.1. The van der Waals surface area contributed by atoms with Crippen molar-refractivity contribution in [3.05, 3.63) is 0 Å². The fourth-order valence-electron chi connectivity index (χ4n) is 13.2. The van der Waals surface area contributed by atoms with Crippen LogP contribution in [0.2, 0.25) is 0 Å². The van der Waals surface area contributed by atoms with Crippen LogP contribution in [0.4, 0.5) is 0 Å². The van der Waals surface area contributed by atoms with Crippen LogP contribution in [0.5, 0.6) is 0 Å². The van der Waals surface area contributed by atoms with E-state index in [-0.39, 0.29) is 53.2 Å². The fraction of sp³-hybridized carbons (Fsp3) is 0.754. The molecule has 0 aliphatic carbocycles. The van der Waals surface area contributed by atoms with Gasteiger partial charge in [-0.3, -0.25) is 33.6 Å². The van der Waals surface area contributed by atoms with Gasteiger partial charge >= 0.3 is 0 Å². The minimum absolute atomic E-state index is 0.0208. The van der Waals surface area contributed by atoms with Gasteiger partial charge in [-0.15, -0.1) is 0 Å². The number of rotatable bonds is 13. The Labute approximate surface area is 496 Å². The lowest BCUT2D eigenvalue weighted by atomic mass is 9.75. The molecule has 0 aromatic carbocycles. The van der Waals surface area contributed by atoms with Crippen LogP contribution in [0.1, 0.15) is 78.1 Å². The quantitative estimate of drug-likeness (QED) is 0.172. The molecule has 0 aromatic heterocycles. The van der Waals surface area contributed by atoms with Gasteiger partial charge in [0.15, 0.2) is 0 Å². The van der Waals surface area contributed by atoms with Gasteiger partial charge in [0, 0.05) is 194 Å². The molecule has 5 atom stereocenters. The first kappa shape index (κ1) is 66.9. The second-order valence-corrected chi connectivity index (χ2v) is 24.4. The van der Waals surface area contributed by atoms with Gasteiger partial charge in [-0.05, 0) is 67.3 Å². The van der Waals surface area contributed by atoms with Crippen molar-refractivity contribution in [3.8, 4) is 0 Å². The van der Waals surface area contributed by atoms with E-state index >= 15 is 0 Å². The van der Waals surface area contributed by atoms with Crippen molar-refractivity contribution in [3.63, 3.8) is 0 Å². The Bertz CT molecular complexity index is 2700. The zero-order valence-corrected chi connectivity index (χ0v) is 52.8. The van der Waals surface area contributed by atoms with Crippen LogP contribution in [0, 0.1) is 27.1 Å². The summed E-state index contributed by atoms with van der Waals surface area (Å²) in [6.45, 7) is 13.3. The summed E-state index contributed by atoms with van der Waals surface area (Å²) in [6.07, 6.45) is 9.90. The molecule has 10 aliphatic rings. The van der Waals surface area contributed by atoms with E-state index in [4.69, 9.17) is 0 Å². The highest BCUT2D eigenvalue weighted by Gasteiger charge is 2.56. The van der Waals surface area contributed by atoms with Crippen LogP contribution >= 0.6 is 0 Å². The lowest BCUT2D eigenvalue weighted by Gasteiger charge is -2.38. The van der Waals surface area contributed by atoms with Gasteiger partial charge in [0.2, 0.25) is 11.8 Å². The highest BCUT2D eigenvalue weighted by atomic mass is 16.2. The summed E-state index contributed by atoms with van der Waals surface area (Å²) in [5.74, 6) is 0.368. The molecule has 10 aliphatic heterocycles. The van der Waals surface area contributed by atoms with E-state index in [1.165, 1.54) is 32.0 Å². The Morgan fingerprint density at radius 1 is 0.524 bits per heavy atom. The first-order chi connectivity index (χ1) is 39.6. The molecule has 7 amide bonds. The lowest BCUT2D eigenvalue weighted by molar-refractivity contribution is -0.137. The predicted octanol–water partition coefficient (Wildman–Crippen LogP) is -0.635. The molecular formula is C57H95N19O8. The highest BCUT2D eigenvalue weighted by Crippen LogP contribution is 2.41. The predicted molar refractivity (Wildman–Crippen MR) is 323 cm³/mol. The molecule has 10 heterocycles.